The highest BCUT2D eigenvalue weighted by Gasteiger charge is 2.32. The Morgan fingerprint density at radius 1 is 1.31 bits per heavy atom. The lowest BCUT2D eigenvalue weighted by Crippen LogP contribution is -2.46. The highest BCUT2D eigenvalue weighted by Crippen LogP contribution is 2.25. The number of alkyl carbamates (subject to hydrolysis) is 1. The minimum atomic E-state index is -0.549. The third-order valence-corrected chi connectivity index (χ3v) is 2.74. The lowest BCUT2D eigenvalue weighted by molar-refractivity contribution is -0.129. The molecular weight excluding hydrogens is 206 g/mol. The first-order chi connectivity index (χ1) is 7.38. The molecule has 0 aliphatic heterocycles. The van der Waals surface area contributed by atoms with Crippen LogP contribution in [0.15, 0.2) is 0 Å². The monoisotopic (exact) mass is 229 g/mol. The van der Waals surface area contributed by atoms with Gasteiger partial charge in [-0.2, -0.15) is 0 Å². The van der Waals surface area contributed by atoms with Crippen LogP contribution in [0.1, 0.15) is 47.0 Å². The molecule has 0 radical (unpaired) electrons. The van der Waals surface area contributed by atoms with E-state index >= 15 is 0 Å². The molecule has 94 valence electrons. The van der Waals surface area contributed by atoms with Gasteiger partial charge in [0.1, 0.15) is 0 Å². The molecule has 0 saturated heterocycles. The van der Waals surface area contributed by atoms with Crippen LogP contribution in [0.2, 0.25) is 0 Å². The van der Waals surface area contributed by atoms with Gasteiger partial charge in [-0.15, -0.1) is 0 Å². The number of amides is 1. The average Bonchev–Trinajstić information content (AvgIpc) is 2.24. The van der Waals surface area contributed by atoms with Crippen molar-refractivity contribution in [2.75, 3.05) is 7.11 Å². The fourth-order valence-corrected chi connectivity index (χ4v) is 1.77. The van der Waals surface area contributed by atoms with Crippen LogP contribution >= 0.6 is 0 Å². The fraction of sp³-hybridized carbons (Fsp3) is 0.833. The van der Waals surface area contributed by atoms with Crippen LogP contribution in [-0.2, 0) is 9.53 Å². The number of ketones is 1. The van der Waals surface area contributed by atoms with Crippen LogP contribution in [0.25, 0.3) is 0 Å². The number of hydrogen-bond acceptors (Lipinski definition) is 3. The molecule has 0 aromatic carbocycles. The van der Waals surface area contributed by atoms with Crippen molar-refractivity contribution in [3.63, 3.8) is 0 Å². The van der Waals surface area contributed by atoms with Gasteiger partial charge in [0.25, 0.3) is 0 Å². The Kier molecular flexibility index (Phi) is 6.08. The van der Waals surface area contributed by atoms with Crippen LogP contribution in [0, 0.1) is 5.41 Å². The third-order valence-electron chi connectivity index (χ3n) is 2.74. The molecule has 0 spiro atoms. The molecular formula is C12H23NO3. The van der Waals surface area contributed by atoms with E-state index in [1.54, 1.807) is 0 Å². The number of nitrogens with one attached hydrogen (secondary N) is 1. The van der Waals surface area contributed by atoms with E-state index in [0.29, 0.717) is 6.42 Å². The molecule has 0 unspecified atom stereocenters. The molecule has 1 N–H and O–H groups in total. The smallest absolute Gasteiger partial charge is 0.407 e. The highest BCUT2D eigenvalue weighted by molar-refractivity contribution is 5.91. The predicted molar refractivity (Wildman–Crippen MR) is 63.3 cm³/mol. The van der Waals surface area contributed by atoms with E-state index in [-0.39, 0.29) is 5.78 Å². The SMILES string of the molecule is CCCC(C)(C)C(=O)[C@H](CC)NC(=O)OC. The van der Waals surface area contributed by atoms with Crippen molar-refractivity contribution in [3.8, 4) is 0 Å². The van der Waals surface area contributed by atoms with Gasteiger partial charge in [-0.05, 0) is 12.8 Å². The standard InChI is InChI=1S/C12H23NO3/c1-6-8-12(3,4)10(14)9(7-2)13-11(15)16-5/h9H,6-8H2,1-5H3,(H,13,15)/t9-/m0/s1. The van der Waals surface area contributed by atoms with Gasteiger partial charge in [0.2, 0.25) is 0 Å². The molecule has 4 heteroatoms. The number of carbonyl (C=O) groups excluding carboxylic acids is 2. The molecule has 0 rings (SSSR count). The topological polar surface area (TPSA) is 55.4 Å². The van der Waals surface area contributed by atoms with Crippen LogP contribution in [-0.4, -0.2) is 25.0 Å². The first-order valence-electron chi connectivity index (χ1n) is 5.77. The number of hydrogen-bond donors (Lipinski definition) is 1. The summed E-state index contributed by atoms with van der Waals surface area (Å²) in [7, 11) is 1.30. The van der Waals surface area contributed by atoms with Gasteiger partial charge < -0.3 is 10.1 Å². The first kappa shape index (κ1) is 14.9. The van der Waals surface area contributed by atoms with Gasteiger partial charge in [0.15, 0.2) is 5.78 Å². The Morgan fingerprint density at radius 2 is 1.88 bits per heavy atom. The van der Waals surface area contributed by atoms with E-state index in [2.05, 4.69) is 10.1 Å². The van der Waals surface area contributed by atoms with Gasteiger partial charge in [-0.1, -0.05) is 34.1 Å². The summed E-state index contributed by atoms with van der Waals surface area (Å²) in [5.41, 5.74) is -0.392. The Morgan fingerprint density at radius 3 is 2.25 bits per heavy atom. The zero-order valence-corrected chi connectivity index (χ0v) is 10.9. The van der Waals surface area contributed by atoms with Crippen molar-refractivity contribution in [2.24, 2.45) is 5.41 Å². The summed E-state index contributed by atoms with van der Waals surface area (Å²) >= 11 is 0. The van der Waals surface area contributed by atoms with Crippen molar-refractivity contribution in [2.45, 2.75) is 53.0 Å². The fourth-order valence-electron chi connectivity index (χ4n) is 1.77. The molecule has 1 atom stereocenters. The van der Waals surface area contributed by atoms with E-state index in [0.717, 1.165) is 12.8 Å². The Bertz CT molecular complexity index is 249. The van der Waals surface area contributed by atoms with E-state index < -0.39 is 17.6 Å². The number of carbonyl (C=O) groups is 2. The quantitative estimate of drug-likeness (QED) is 0.761. The Labute approximate surface area is 97.7 Å². The number of methoxy groups -OCH3 is 1. The summed E-state index contributed by atoms with van der Waals surface area (Å²) in [6.45, 7) is 7.76. The second-order valence-electron chi connectivity index (χ2n) is 4.59. The summed E-state index contributed by atoms with van der Waals surface area (Å²) in [6.07, 6.45) is 1.81. The summed E-state index contributed by atoms with van der Waals surface area (Å²) in [4.78, 5) is 23.3. The number of ether oxygens (including phenoxy) is 1. The van der Waals surface area contributed by atoms with Gasteiger partial charge in [-0.3, -0.25) is 4.79 Å². The van der Waals surface area contributed by atoms with Crippen molar-refractivity contribution in [1.82, 2.24) is 5.32 Å². The average molecular weight is 229 g/mol. The van der Waals surface area contributed by atoms with Crippen molar-refractivity contribution >= 4 is 11.9 Å². The minimum Gasteiger partial charge on any atom is -0.453 e. The van der Waals surface area contributed by atoms with Crippen molar-refractivity contribution in [3.05, 3.63) is 0 Å². The second-order valence-corrected chi connectivity index (χ2v) is 4.59. The summed E-state index contributed by atoms with van der Waals surface area (Å²) in [6, 6.07) is -0.450. The molecule has 16 heavy (non-hydrogen) atoms. The van der Waals surface area contributed by atoms with Gasteiger partial charge in [0, 0.05) is 5.41 Å². The maximum absolute atomic E-state index is 12.2. The minimum absolute atomic E-state index is 0.0715. The molecule has 0 heterocycles. The largest absolute Gasteiger partial charge is 0.453 e. The van der Waals surface area contributed by atoms with Crippen molar-refractivity contribution < 1.29 is 14.3 Å². The molecule has 4 nitrogen and oxygen atoms in total. The van der Waals surface area contributed by atoms with Gasteiger partial charge in [0.05, 0.1) is 13.2 Å². The molecule has 0 aliphatic carbocycles. The summed E-state index contributed by atoms with van der Waals surface area (Å²) in [5, 5.41) is 2.57. The van der Waals surface area contributed by atoms with Crippen LogP contribution in [0.3, 0.4) is 0 Å². The Balaban J connectivity index is 4.58. The lowest BCUT2D eigenvalue weighted by atomic mass is 9.80. The van der Waals surface area contributed by atoms with Crippen molar-refractivity contribution in [1.29, 1.82) is 0 Å². The maximum Gasteiger partial charge on any atom is 0.407 e. The first-order valence-corrected chi connectivity index (χ1v) is 5.77. The Hall–Kier alpha value is -1.06. The van der Waals surface area contributed by atoms with E-state index in [9.17, 15) is 9.59 Å². The van der Waals surface area contributed by atoms with Gasteiger partial charge in [-0.25, -0.2) is 4.79 Å². The maximum atomic E-state index is 12.2. The normalized spacial score (nSPS) is 13.1. The number of rotatable bonds is 6. The number of Topliss-reactive ketones (excluding diaryl/α,β-unsaturated/α-hetero) is 1. The zero-order chi connectivity index (χ0) is 12.8. The zero-order valence-electron chi connectivity index (χ0n) is 10.9. The molecule has 1 amide bonds. The second kappa shape index (κ2) is 6.51. The predicted octanol–water partition coefficient (Wildman–Crippen LogP) is 2.52. The van der Waals surface area contributed by atoms with E-state index in [1.807, 2.05) is 27.7 Å². The highest BCUT2D eigenvalue weighted by atomic mass is 16.5. The molecule has 0 aliphatic rings. The summed E-state index contributed by atoms with van der Waals surface area (Å²) in [5.74, 6) is 0.0715. The molecule has 0 saturated carbocycles. The molecule has 0 aromatic heterocycles. The molecule has 0 fully saturated rings. The lowest BCUT2D eigenvalue weighted by Gasteiger charge is -2.27. The molecule has 0 bridgehead atoms. The summed E-state index contributed by atoms with van der Waals surface area (Å²) < 4.78 is 4.50. The molecule has 0 aromatic rings. The van der Waals surface area contributed by atoms with E-state index in [4.69, 9.17) is 0 Å². The van der Waals surface area contributed by atoms with Crippen LogP contribution < -0.4 is 5.32 Å². The third kappa shape index (κ3) is 4.21. The van der Waals surface area contributed by atoms with Crippen LogP contribution in [0.4, 0.5) is 4.79 Å². The van der Waals surface area contributed by atoms with E-state index in [1.165, 1.54) is 7.11 Å². The van der Waals surface area contributed by atoms with Crippen LogP contribution in [0.5, 0.6) is 0 Å². The van der Waals surface area contributed by atoms with Gasteiger partial charge >= 0.3 is 6.09 Å².